The molecule has 2 nitrogen and oxygen atoms in total. The van der Waals surface area contributed by atoms with E-state index in [-0.39, 0.29) is 6.61 Å². The van der Waals surface area contributed by atoms with Crippen molar-refractivity contribution in [3.05, 3.63) is 10.6 Å². The molecule has 1 rings (SSSR count). The van der Waals surface area contributed by atoms with E-state index in [1.165, 1.54) is 18.4 Å². The van der Waals surface area contributed by atoms with E-state index in [4.69, 9.17) is 28.3 Å². The van der Waals surface area contributed by atoms with Gasteiger partial charge in [-0.05, 0) is 32.2 Å². The average molecular weight is 238 g/mol. The summed E-state index contributed by atoms with van der Waals surface area (Å²) in [5.74, 6) is 0. The Kier molecular flexibility index (Phi) is 5.87. The summed E-state index contributed by atoms with van der Waals surface area (Å²) in [6.07, 6.45) is 4.38. The molecule has 0 aromatic carbocycles. The van der Waals surface area contributed by atoms with Crippen molar-refractivity contribution in [1.29, 1.82) is 0 Å². The maximum absolute atomic E-state index is 8.76. The molecule has 0 radical (unpaired) electrons. The van der Waals surface area contributed by atoms with E-state index in [0.717, 1.165) is 25.9 Å². The van der Waals surface area contributed by atoms with Gasteiger partial charge in [-0.3, -0.25) is 4.90 Å². The lowest BCUT2D eigenvalue weighted by atomic mass is 10.1. The van der Waals surface area contributed by atoms with Crippen molar-refractivity contribution in [3.8, 4) is 0 Å². The van der Waals surface area contributed by atoms with E-state index in [0.29, 0.717) is 11.1 Å². The number of hydrogen-bond donors (Lipinski definition) is 1. The smallest absolute Gasteiger partial charge is 0.0434 e. The first-order valence-corrected chi connectivity index (χ1v) is 5.89. The summed E-state index contributed by atoms with van der Waals surface area (Å²) >= 11 is 11.4. The lowest BCUT2D eigenvalue weighted by Gasteiger charge is -2.23. The molecule has 1 N–H and O–H groups in total. The molecule has 1 atom stereocenters. The molecular formula is C10H17Cl2NO. The van der Waals surface area contributed by atoms with Crippen LogP contribution in [0.15, 0.2) is 10.6 Å². The van der Waals surface area contributed by atoms with Crippen LogP contribution in [0.25, 0.3) is 0 Å². The first kappa shape index (κ1) is 12.3. The number of nitrogens with zero attached hydrogens (tertiary/aromatic N) is 1. The molecule has 1 unspecified atom stereocenters. The number of rotatable bonds is 5. The number of aliphatic hydroxyl groups excluding tert-OH is 1. The van der Waals surface area contributed by atoms with E-state index in [1.54, 1.807) is 0 Å². The minimum absolute atomic E-state index is 0.281. The Hall–Kier alpha value is 0.240. The largest absolute Gasteiger partial charge is 0.396 e. The molecule has 1 heterocycles. The highest BCUT2D eigenvalue weighted by Crippen LogP contribution is 2.23. The fraction of sp³-hybridized carbons (Fsp3) is 0.800. The first-order chi connectivity index (χ1) is 6.77. The molecule has 0 bridgehead atoms. The van der Waals surface area contributed by atoms with Crippen molar-refractivity contribution in [2.45, 2.75) is 31.7 Å². The highest BCUT2D eigenvalue weighted by atomic mass is 35.5. The maximum Gasteiger partial charge on any atom is 0.0434 e. The number of likely N-dealkylation sites (tertiary alicyclic amines) is 1. The van der Waals surface area contributed by atoms with Crippen molar-refractivity contribution in [2.75, 3.05) is 19.7 Å². The number of halogens is 2. The molecular weight excluding hydrogens is 221 g/mol. The third-order valence-electron chi connectivity index (χ3n) is 2.67. The van der Waals surface area contributed by atoms with Gasteiger partial charge >= 0.3 is 0 Å². The second-order valence-corrected chi connectivity index (χ2v) is 4.39. The minimum atomic E-state index is 0.281. The second-order valence-electron chi connectivity index (χ2n) is 3.69. The molecule has 0 saturated carbocycles. The van der Waals surface area contributed by atoms with Crippen LogP contribution < -0.4 is 0 Å². The van der Waals surface area contributed by atoms with Gasteiger partial charge in [0.15, 0.2) is 0 Å². The Bertz CT molecular complexity index is 197. The van der Waals surface area contributed by atoms with Crippen LogP contribution in [0.2, 0.25) is 0 Å². The van der Waals surface area contributed by atoms with Crippen LogP contribution in [0.1, 0.15) is 25.7 Å². The van der Waals surface area contributed by atoms with E-state index >= 15 is 0 Å². The molecule has 0 spiro atoms. The molecule has 0 amide bonds. The molecule has 0 aromatic heterocycles. The van der Waals surface area contributed by atoms with Crippen molar-refractivity contribution < 1.29 is 5.11 Å². The number of hydrogen-bond acceptors (Lipinski definition) is 2. The predicted molar refractivity (Wildman–Crippen MR) is 60.7 cm³/mol. The zero-order valence-corrected chi connectivity index (χ0v) is 9.77. The van der Waals surface area contributed by atoms with Gasteiger partial charge in [0, 0.05) is 29.8 Å². The minimum Gasteiger partial charge on any atom is -0.396 e. The first-order valence-electron chi connectivity index (χ1n) is 5.07. The lowest BCUT2D eigenvalue weighted by Crippen LogP contribution is -2.30. The van der Waals surface area contributed by atoms with E-state index in [9.17, 15) is 0 Å². The third-order valence-corrected chi connectivity index (χ3v) is 3.27. The molecule has 1 aliphatic rings. The topological polar surface area (TPSA) is 23.5 Å². The van der Waals surface area contributed by atoms with Crippen LogP contribution in [0.4, 0.5) is 0 Å². The van der Waals surface area contributed by atoms with Gasteiger partial charge in [-0.25, -0.2) is 0 Å². The average Bonchev–Trinajstić information content (AvgIpc) is 2.62. The van der Waals surface area contributed by atoms with E-state index in [1.807, 2.05) is 0 Å². The second kappa shape index (κ2) is 6.67. The van der Waals surface area contributed by atoms with Crippen molar-refractivity contribution in [2.24, 2.45) is 0 Å². The zero-order chi connectivity index (χ0) is 10.4. The SMILES string of the molecule is OCCCC1CCCN1CC(Cl)=CCl. The van der Waals surface area contributed by atoms with Gasteiger partial charge in [-0.15, -0.1) is 0 Å². The van der Waals surface area contributed by atoms with Crippen molar-refractivity contribution in [1.82, 2.24) is 4.90 Å². The maximum atomic E-state index is 8.76. The zero-order valence-electron chi connectivity index (χ0n) is 8.25. The van der Waals surface area contributed by atoms with Crippen LogP contribution in [0.3, 0.4) is 0 Å². The van der Waals surface area contributed by atoms with Crippen LogP contribution in [0, 0.1) is 0 Å². The Morgan fingerprint density at radius 3 is 3.00 bits per heavy atom. The Labute approximate surface area is 95.5 Å². The highest BCUT2D eigenvalue weighted by molar-refractivity contribution is 6.36. The molecule has 1 fully saturated rings. The van der Waals surface area contributed by atoms with E-state index < -0.39 is 0 Å². The van der Waals surface area contributed by atoms with Gasteiger partial charge in [-0.1, -0.05) is 23.2 Å². The van der Waals surface area contributed by atoms with Gasteiger partial charge in [0.1, 0.15) is 0 Å². The fourth-order valence-corrected chi connectivity index (χ4v) is 2.21. The molecule has 4 heteroatoms. The number of aliphatic hydroxyl groups is 1. The van der Waals surface area contributed by atoms with Gasteiger partial charge in [0.2, 0.25) is 0 Å². The van der Waals surface area contributed by atoms with Crippen LogP contribution in [-0.2, 0) is 0 Å². The van der Waals surface area contributed by atoms with E-state index in [2.05, 4.69) is 4.90 Å². The van der Waals surface area contributed by atoms with Gasteiger partial charge in [0.25, 0.3) is 0 Å². The summed E-state index contributed by atoms with van der Waals surface area (Å²) in [7, 11) is 0. The Morgan fingerprint density at radius 2 is 2.36 bits per heavy atom. The third kappa shape index (κ3) is 3.77. The monoisotopic (exact) mass is 237 g/mol. The molecule has 1 saturated heterocycles. The van der Waals surface area contributed by atoms with Gasteiger partial charge in [-0.2, -0.15) is 0 Å². The summed E-state index contributed by atoms with van der Waals surface area (Å²) in [4.78, 5) is 2.34. The molecule has 82 valence electrons. The Balaban J connectivity index is 2.35. The lowest BCUT2D eigenvalue weighted by molar-refractivity contribution is 0.229. The molecule has 0 aliphatic carbocycles. The molecule has 14 heavy (non-hydrogen) atoms. The highest BCUT2D eigenvalue weighted by Gasteiger charge is 2.23. The van der Waals surface area contributed by atoms with Crippen molar-refractivity contribution in [3.63, 3.8) is 0 Å². The molecule has 1 aliphatic heterocycles. The van der Waals surface area contributed by atoms with Gasteiger partial charge < -0.3 is 5.11 Å². The standard InChI is InChI=1S/C10H17Cl2NO/c11-7-9(12)8-13-5-1-3-10(13)4-2-6-14/h7,10,14H,1-6,8H2. The van der Waals surface area contributed by atoms with Crippen LogP contribution in [-0.4, -0.2) is 35.7 Å². The summed E-state index contributed by atoms with van der Waals surface area (Å²) in [6, 6.07) is 0.576. The molecule has 0 aromatic rings. The van der Waals surface area contributed by atoms with Crippen LogP contribution >= 0.6 is 23.2 Å². The van der Waals surface area contributed by atoms with Crippen molar-refractivity contribution >= 4 is 23.2 Å². The Morgan fingerprint density at radius 1 is 1.57 bits per heavy atom. The summed E-state index contributed by atoms with van der Waals surface area (Å²) in [6.45, 7) is 2.13. The predicted octanol–water partition coefficient (Wildman–Crippen LogP) is 2.54. The summed E-state index contributed by atoms with van der Waals surface area (Å²) in [5.41, 5.74) is 1.43. The summed E-state index contributed by atoms with van der Waals surface area (Å²) < 4.78 is 0. The quantitative estimate of drug-likeness (QED) is 0.795. The normalized spacial score (nSPS) is 24.5. The summed E-state index contributed by atoms with van der Waals surface area (Å²) in [5, 5.41) is 9.46. The van der Waals surface area contributed by atoms with Crippen LogP contribution in [0.5, 0.6) is 0 Å². The van der Waals surface area contributed by atoms with Gasteiger partial charge in [0.05, 0.1) is 0 Å². The fourth-order valence-electron chi connectivity index (χ4n) is 1.99.